The van der Waals surface area contributed by atoms with Gasteiger partial charge in [0, 0.05) is 18.1 Å². The van der Waals surface area contributed by atoms with Crippen LogP contribution in [0.25, 0.3) is 0 Å². The van der Waals surface area contributed by atoms with Gasteiger partial charge in [-0.15, -0.1) is 0 Å². The van der Waals surface area contributed by atoms with Gasteiger partial charge in [0.1, 0.15) is 5.75 Å². The molecule has 134 valence electrons. The molecule has 5 heteroatoms. The summed E-state index contributed by atoms with van der Waals surface area (Å²) >= 11 is 6.21. The van der Waals surface area contributed by atoms with E-state index in [1.807, 2.05) is 44.2 Å². The first-order chi connectivity index (χ1) is 12.5. The molecular weight excluding hydrogens is 350 g/mol. The highest BCUT2D eigenvalue weighted by atomic mass is 35.5. The summed E-state index contributed by atoms with van der Waals surface area (Å²) in [4.78, 5) is 26.0. The molecule has 3 rings (SSSR count). The summed E-state index contributed by atoms with van der Waals surface area (Å²) in [6.07, 6.45) is 0.874. The second kappa shape index (κ2) is 7.75. The molecule has 0 bridgehead atoms. The van der Waals surface area contributed by atoms with Crippen LogP contribution in [-0.2, 0) is 16.0 Å². The number of ether oxygens (including phenoxy) is 1. The second-order valence-electron chi connectivity index (χ2n) is 6.39. The van der Waals surface area contributed by atoms with Crippen LogP contribution < -0.4 is 9.64 Å². The van der Waals surface area contributed by atoms with E-state index in [-0.39, 0.29) is 18.2 Å². The van der Waals surface area contributed by atoms with Crippen molar-refractivity contribution in [2.45, 2.75) is 26.7 Å². The molecule has 26 heavy (non-hydrogen) atoms. The monoisotopic (exact) mass is 369 g/mol. The molecule has 2 aromatic rings. The molecule has 0 spiro atoms. The quantitative estimate of drug-likeness (QED) is 0.573. The number of anilines is 1. The van der Waals surface area contributed by atoms with E-state index < -0.39 is 0 Å². The molecule has 2 amide bonds. The van der Waals surface area contributed by atoms with Crippen molar-refractivity contribution in [2.75, 3.05) is 11.5 Å². The van der Waals surface area contributed by atoms with Crippen LogP contribution in [0.15, 0.2) is 59.7 Å². The van der Waals surface area contributed by atoms with Crippen LogP contribution in [0.1, 0.15) is 25.8 Å². The van der Waals surface area contributed by atoms with Crippen LogP contribution in [0.5, 0.6) is 5.75 Å². The van der Waals surface area contributed by atoms with E-state index in [4.69, 9.17) is 16.3 Å². The predicted octanol–water partition coefficient (Wildman–Crippen LogP) is 4.56. The van der Waals surface area contributed by atoms with E-state index in [0.29, 0.717) is 28.6 Å². The highest BCUT2D eigenvalue weighted by Gasteiger charge is 2.35. The number of amides is 2. The summed E-state index contributed by atoms with van der Waals surface area (Å²) in [6.45, 7) is 4.13. The number of carbonyl (C=O) groups is 2. The third-order valence-electron chi connectivity index (χ3n) is 4.31. The lowest BCUT2D eigenvalue weighted by Gasteiger charge is -2.16. The fourth-order valence-corrected chi connectivity index (χ4v) is 3.04. The van der Waals surface area contributed by atoms with Crippen LogP contribution in [0.3, 0.4) is 0 Å². The summed E-state index contributed by atoms with van der Waals surface area (Å²) in [5.74, 6) is -0.0392. The van der Waals surface area contributed by atoms with Gasteiger partial charge in [-0.3, -0.25) is 9.59 Å². The van der Waals surface area contributed by atoms with Gasteiger partial charge in [0.05, 0.1) is 23.7 Å². The van der Waals surface area contributed by atoms with Crippen molar-refractivity contribution in [3.63, 3.8) is 0 Å². The minimum Gasteiger partial charge on any atom is -0.492 e. The van der Waals surface area contributed by atoms with Crippen LogP contribution in [0.4, 0.5) is 5.69 Å². The van der Waals surface area contributed by atoms with Gasteiger partial charge in [0.15, 0.2) is 0 Å². The maximum Gasteiger partial charge on any atom is 0.261 e. The van der Waals surface area contributed by atoms with Gasteiger partial charge in [0.2, 0.25) is 5.91 Å². The third-order valence-corrected chi connectivity index (χ3v) is 4.62. The molecule has 0 radical (unpaired) electrons. The number of carbonyl (C=O) groups excluding carboxylic acids is 2. The van der Waals surface area contributed by atoms with Crippen LogP contribution in [0.2, 0.25) is 5.02 Å². The summed E-state index contributed by atoms with van der Waals surface area (Å²) in [5.41, 5.74) is 3.06. The fraction of sp³-hybridized carbons (Fsp3) is 0.238. The van der Waals surface area contributed by atoms with Crippen molar-refractivity contribution < 1.29 is 14.3 Å². The van der Waals surface area contributed by atoms with Crippen LogP contribution >= 0.6 is 11.6 Å². The normalized spacial score (nSPS) is 14.1. The highest BCUT2D eigenvalue weighted by Crippen LogP contribution is 2.34. The lowest BCUT2D eigenvalue weighted by molar-refractivity contribution is -0.120. The zero-order valence-electron chi connectivity index (χ0n) is 14.8. The smallest absolute Gasteiger partial charge is 0.261 e. The lowest BCUT2D eigenvalue weighted by atomic mass is 10.1. The highest BCUT2D eigenvalue weighted by molar-refractivity contribution is 6.32. The Kier molecular flexibility index (Phi) is 5.43. The number of halogens is 1. The van der Waals surface area contributed by atoms with E-state index in [9.17, 15) is 9.59 Å². The number of benzene rings is 2. The molecule has 2 aromatic carbocycles. The van der Waals surface area contributed by atoms with Crippen molar-refractivity contribution >= 4 is 29.1 Å². The molecule has 1 aliphatic heterocycles. The molecule has 0 saturated carbocycles. The fourth-order valence-electron chi connectivity index (χ4n) is 2.87. The molecule has 0 atom stereocenters. The number of nitrogens with zero attached hydrogens (tertiary/aromatic N) is 1. The van der Waals surface area contributed by atoms with E-state index in [2.05, 4.69) is 0 Å². The Hall–Kier alpha value is -2.59. The average molecular weight is 370 g/mol. The summed E-state index contributed by atoms with van der Waals surface area (Å²) in [6, 6.07) is 15.0. The van der Waals surface area contributed by atoms with Gasteiger partial charge in [-0.05, 0) is 31.5 Å². The van der Waals surface area contributed by atoms with Crippen molar-refractivity contribution in [3.8, 4) is 5.75 Å². The van der Waals surface area contributed by atoms with Crippen molar-refractivity contribution in [2.24, 2.45) is 0 Å². The van der Waals surface area contributed by atoms with E-state index in [1.165, 1.54) is 4.90 Å². The summed E-state index contributed by atoms with van der Waals surface area (Å²) < 4.78 is 5.79. The first-order valence-electron chi connectivity index (χ1n) is 8.47. The minimum absolute atomic E-state index is 0.133. The largest absolute Gasteiger partial charge is 0.492 e. The van der Waals surface area contributed by atoms with Gasteiger partial charge in [-0.25, -0.2) is 4.90 Å². The Labute approximate surface area is 158 Å². The molecule has 0 unspecified atom stereocenters. The van der Waals surface area contributed by atoms with E-state index in [1.54, 1.807) is 18.2 Å². The zero-order valence-corrected chi connectivity index (χ0v) is 15.5. The van der Waals surface area contributed by atoms with Crippen molar-refractivity contribution in [3.05, 3.63) is 70.3 Å². The number of hydrogen-bond acceptors (Lipinski definition) is 3. The molecule has 0 aliphatic carbocycles. The maximum atomic E-state index is 12.5. The van der Waals surface area contributed by atoms with Gasteiger partial charge in [0.25, 0.3) is 5.91 Å². The van der Waals surface area contributed by atoms with E-state index >= 15 is 0 Å². The van der Waals surface area contributed by atoms with Gasteiger partial charge >= 0.3 is 0 Å². The van der Waals surface area contributed by atoms with Gasteiger partial charge in [-0.2, -0.15) is 0 Å². The number of rotatable bonds is 5. The standard InChI is InChI=1S/C21H20ClNO3/c1-14(2)17-13-20(24)23(21(17)25)16-8-9-18(22)19(12-16)26-11-10-15-6-4-3-5-7-15/h3-9,12H,10-11,13H2,1-2H3. The number of allylic oxidation sites excluding steroid dienone is 1. The SMILES string of the molecule is CC(C)=C1CC(=O)N(c2ccc(Cl)c(OCCc3ccccc3)c2)C1=O. The summed E-state index contributed by atoms with van der Waals surface area (Å²) in [5, 5.41) is 0.448. The minimum atomic E-state index is -0.271. The molecular formula is C21H20ClNO3. The van der Waals surface area contributed by atoms with Crippen molar-refractivity contribution in [1.29, 1.82) is 0 Å². The second-order valence-corrected chi connectivity index (χ2v) is 6.80. The Morgan fingerprint density at radius 2 is 1.85 bits per heavy atom. The van der Waals surface area contributed by atoms with Gasteiger partial charge in [-0.1, -0.05) is 47.5 Å². The molecule has 1 saturated heterocycles. The predicted molar refractivity (Wildman–Crippen MR) is 103 cm³/mol. The van der Waals surface area contributed by atoms with Gasteiger partial charge < -0.3 is 4.74 Å². The molecule has 1 heterocycles. The topological polar surface area (TPSA) is 46.6 Å². The molecule has 4 nitrogen and oxygen atoms in total. The molecule has 1 aliphatic rings. The Morgan fingerprint density at radius 3 is 2.50 bits per heavy atom. The Balaban J connectivity index is 1.76. The molecule has 0 aromatic heterocycles. The van der Waals surface area contributed by atoms with Crippen LogP contribution in [-0.4, -0.2) is 18.4 Å². The Morgan fingerprint density at radius 1 is 1.12 bits per heavy atom. The summed E-state index contributed by atoms with van der Waals surface area (Å²) in [7, 11) is 0. The zero-order chi connectivity index (χ0) is 18.7. The van der Waals surface area contributed by atoms with Crippen molar-refractivity contribution in [1.82, 2.24) is 0 Å². The molecule has 1 fully saturated rings. The van der Waals surface area contributed by atoms with E-state index in [0.717, 1.165) is 17.6 Å². The molecule has 0 N–H and O–H groups in total. The number of hydrogen-bond donors (Lipinski definition) is 0. The maximum absolute atomic E-state index is 12.5. The average Bonchev–Trinajstić information content (AvgIpc) is 2.92. The first kappa shape index (κ1) is 18.2. The third kappa shape index (κ3) is 3.81. The lowest BCUT2D eigenvalue weighted by Crippen LogP contribution is -2.29. The number of imide groups is 1. The van der Waals surface area contributed by atoms with Crippen LogP contribution in [0, 0.1) is 0 Å². The Bertz CT molecular complexity index is 870. The first-order valence-corrected chi connectivity index (χ1v) is 8.85.